The molecule has 0 saturated carbocycles. The lowest BCUT2D eigenvalue weighted by Gasteiger charge is -2.17. The van der Waals surface area contributed by atoms with Crippen molar-refractivity contribution in [1.29, 1.82) is 0 Å². The summed E-state index contributed by atoms with van der Waals surface area (Å²) in [7, 11) is 1.32. The lowest BCUT2D eigenvalue weighted by molar-refractivity contribution is -0.145. The Morgan fingerprint density at radius 2 is 2.00 bits per heavy atom. The summed E-state index contributed by atoms with van der Waals surface area (Å²) in [6.07, 6.45) is 0.534. The molecule has 28 heavy (non-hydrogen) atoms. The fourth-order valence-corrected chi connectivity index (χ4v) is 4.09. The second-order valence-electron chi connectivity index (χ2n) is 6.81. The normalized spacial score (nSPS) is 11.9. The van der Waals surface area contributed by atoms with Gasteiger partial charge in [-0.25, -0.2) is 4.79 Å². The zero-order valence-corrected chi connectivity index (χ0v) is 18.4. The first-order valence-electron chi connectivity index (χ1n) is 8.96. The zero-order chi connectivity index (χ0) is 20.7. The van der Waals surface area contributed by atoms with Crippen molar-refractivity contribution in [1.82, 2.24) is 15.5 Å². The number of carbonyl (C=O) groups excluding carboxylic acids is 2. The maximum Gasteiger partial charge on any atom is 0.328 e. The third kappa shape index (κ3) is 6.49. The molecule has 2 rings (SSSR count). The molecule has 1 aromatic heterocycles. The highest BCUT2D eigenvalue weighted by molar-refractivity contribution is 8.01. The minimum absolute atomic E-state index is 0.156. The van der Waals surface area contributed by atoms with Crippen LogP contribution in [-0.4, -0.2) is 41.0 Å². The number of aryl methyl sites for hydroxylation is 1. The number of ether oxygens (including phenoxy) is 1. The molecule has 0 bridgehead atoms. The van der Waals surface area contributed by atoms with E-state index in [0.29, 0.717) is 15.9 Å². The molecular formula is C19H26N4O3S2. The monoisotopic (exact) mass is 422 g/mol. The predicted octanol–water partition coefficient (Wildman–Crippen LogP) is 3.69. The summed E-state index contributed by atoms with van der Waals surface area (Å²) < 4.78 is 5.45. The van der Waals surface area contributed by atoms with Gasteiger partial charge < -0.3 is 15.4 Å². The standard InChI is InChI=1S/C19H26N4O3S2/c1-11(2)9-15(17(25)26-5)20-16(24)10-27-19-23-22-18(28-19)21-14-8-6-7-12(3)13(14)4/h6-8,11,15H,9-10H2,1-5H3,(H,20,24)(H,21,22)/t15-/m1/s1. The van der Waals surface area contributed by atoms with Crippen molar-refractivity contribution in [3.05, 3.63) is 29.3 Å². The van der Waals surface area contributed by atoms with Crippen molar-refractivity contribution >= 4 is 45.8 Å². The Morgan fingerprint density at radius 3 is 2.68 bits per heavy atom. The number of methoxy groups -OCH3 is 1. The Labute approximate surface area is 173 Å². The molecule has 7 nitrogen and oxygen atoms in total. The molecule has 0 saturated heterocycles. The number of benzene rings is 1. The average Bonchev–Trinajstić information content (AvgIpc) is 3.09. The van der Waals surface area contributed by atoms with Crippen LogP contribution in [-0.2, 0) is 14.3 Å². The van der Waals surface area contributed by atoms with E-state index in [9.17, 15) is 9.59 Å². The van der Waals surface area contributed by atoms with E-state index in [1.807, 2.05) is 32.9 Å². The topological polar surface area (TPSA) is 93.2 Å². The fraction of sp³-hybridized carbons (Fsp3) is 0.474. The van der Waals surface area contributed by atoms with Gasteiger partial charge in [0.1, 0.15) is 6.04 Å². The number of anilines is 2. The number of aromatic nitrogens is 2. The van der Waals surface area contributed by atoms with Gasteiger partial charge in [0.15, 0.2) is 4.34 Å². The number of nitrogens with zero attached hydrogens (tertiary/aromatic N) is 2. The summed E-state index contributed by atoms with van der Waals surface area (Å²) in [5.74, 6) is -0.244. The number of hydrogen-bond donors (Lipinski definition) is 2. The smallest absolute Gasteiger partial charge is 0.328 e. The van der Waals surface area contributed by atoms with Gasteiger partial charge in [0.05, 0.1) is 12.9 Å². The second kappa shape index (κ2) is 10.4. The highest BCUT2D eigenvalue weighted by atomic mass is 32.2. The first-order valence-corrected chi connectivity index (χ1v) is 10.8. The quantitative estimate of drug-likeness (QED) is 0.470. The van der Waals surface area contributed by atoms with Crippen LogP contribution in [0.1, 0.15) is 31.4 Å². The van der Waals surface area contributed by atoms with E-state index in [0.717, 1.165) is 11.3 Å². The molecule has 9 heteroatoms. The number of amides is 1. The molecule has 0 aliphatic heterocycles. The lowest BCUT2D eigenvalue weighted by atomic mass is 10.0. The van der Waals surface area contributed by atoms with Crippen LogP contribution in [0.4, 0.5) is 10.8 Å². The maximum absolute atomic E-state index is 12.2. The van der Waals surface area contributed by atoms with E-state index in [2.05, 4.69) is 33.8 Å². The van der Waals surface area contributed by atoms with E-state index >= 15 is 0 Å². The first kappa shape index (κ1) is 22.2. The number of esters is 1. The Kier molecular flexibility index (Phi) is 8.25. The molecule has 1 heterocycles. The Bertz CT molecular complexity index is 823. The van der Waals surface area contributed by atoms with Gasteiger partial charge >= 0.3 is 5.97 Å². The van der Waals surface area contributed by atoms with Gasteiger partial charge in [-0.3, -0.25) is 4.79 Å². The SMILES string of the molecule is COC(=O)[C@@H](CC(C)C)NC(=O)CSc1nnc(Nc2cccc(C)c2C)s1. The summed E-state index contributed by atoms with van der Waals surface area (Å²) in [4.78, 5) is 24.0. The van der Waals surface area contributed by atoms with E-state index in [1.165, 1.54) is 35.8 Å². The number of thioether (sulfide) groups is 1. The molecular weight excluding hydrogens is 396 g/mol. The van der Waals surface area contributed by atoms with Crippen LogP contribution in [0.5, 0.6) is 0 Å². The van der Waals surface area contributed by atoms with Gasteiger partial charge in [-0.15, -0.1) is 10.2 Å². The minimum atomic E-state index is -0.631. The van der Waals surface area contributed by atoms with Crippen molar-refractivity contribution in [2.75, 3.05) is 18.2 Å². The Balaban J connectivity index is 1.90. The molecule has 2 aromatic rings. The van der Waals surface area contributed by atoms with Crippen molar-refractivity contribution < 1.29 is 14.3 Å². The number of hydrogen-bond acceptors (Lipinski definition) is 8. The molecule has 0 aliphatic carbocycles. The van der Waals surface area contributed by atoms with E-state index < -0.39 is 12.0 Å². The fourth-order valence-electron chi connectivity index (χ4n) is 2.51. The number of rotatable bonds is 9. The summed E-state index contributed by atoms with van der Waals surface area (Å²) in [5, 5.41) is 14.9. The van der Waals surface area contributed by atoms with Crippen LogP contribution in [0.25, 0.3) is 0 Å². The summed E-state index contributed by atoms with van der Waals surface area (Å²) in [6, 6.07) is 5.40. The van der Waals surface area contributed by atoms with Crippen LogP contribution < -0.4 is 10.6 Å². The Hall–Kier alpha value is -2.13. The lowest BCUT2D eigenvalue weighted by Crippen LogP contribution is -2.43. The van der Waals surface area contributed by atoms with Gasteiger partial charge in [-0.2, -0.15) is 0 Å². The molecule has 0 unspecified atom stereocenters. The summed E-state index contributed by atoms with van der Waals surface area (Å²) >= 11 is 2.67. The van der Waals surface area contributed by atoms with Gasteiger partial charge in [-0.05, 0) is 43.4 Å². The van der Waals surface area contributed by atoms with Gasteiger partial charge in [0.2, 0.25) is 11.0 Å². The van der Waals surface area contributed by atoms with Crippen molar-refractivity contribution in [2.45, 2.75) is 44.5 Å². The van der Waals surface area contributed by atoms with Gasteiger partial charge in [-0.1, -0.05) is 49.1 Å². The average molecular weight is 423 g/mol. The second-order valence-corrected chi connectivity index (χ2v) is 9.01. The van der Waals surface area contributed by atoms with Crippen LogP contribution in [0, 0.1) is 19.8 Å². The van der Waals surface area contributed by atoms with E-state index in [4.69, 9.17) is 4.74 Å². The minimum Gasteiger partial charge on any atom is -0.467 e. The molecule has 1 aromatic carbocycles. The third-order valence-corrected chi connectivity index (χ3v) is 6.08. The first-order chi connectivity index (χ1) is 13.3. The molecule has 1 atom stereocenters. The molecule has 0 fully saturated rings. The highest BCUT2D eigenvalue weighted by Gasteiger charge is 2.22. The van der Waals surface area contributed by atoms with Crippen LogP contribution in [0.15, 0.2) is 22.5 Å². The van der Waals surface area contributed by atoms with E-state index in [1.54, 1.807) is 0 Å². The molecule has 0 spiro atoms. The largest absolute Gasteiger partial charge is 0.467 e. The van der Waals surface area contributed by atoms with Gasteiger partial charge in [0, 0.05) is 5.69 Å². The number of carbonyl (C=O) groups is 2. The van der Waals surface area contributed by atoms with Crippen molar-refractivity contribution in [3.63, 3.8) is 0 Å². The molecule has 1 amide bonds. The molecule has 0 aliphatic rings. The molecule has 152 valence electrons. The number of nitrogens with one attached hydrogen (secondary N) is 2. The summed E-state index contributed by atoms with van der Waals surface area (Å²) in [6.45, 7) is 8.08. The Morgan fingerprint density at radius 1 is 1.25 bits per heavy atom. The molecule has 2 N–H and O–H groups in total. The van der Waals surface area contributed by atoms with Gasteiger partial charge in [0.25, 0.3) is 0 Å². The molecule has 0 radical (unpaired) electrons. The van der Waals surface area contributed by atoms with Crippen molar-refractivity contribution in [2.24, 2.45) is 5.92 Å². The third-order valence-electron chi connectivity index (χ3n) is 4.11. The van der Waals surface area contributed by atoms with Crippen molar-refractivity contribution in [3.8, 4) is 0 Å². The van der Waals surface area contributed by atoms with E-state index in [-0.39, 0.29) is 17.6 Å². The van der Waals surface area contributed by atoms with Crippen LogP contribution >= 0.6 is 23.1 Å². The maximum atomic E-state index is 12.2. The highest BCUT2D eigenvalue weighted by Crippen LogP contribution is 2.29. The van der Waals surface area contributed by atoms with Crippen LogP contribution in [0.2, 0.25) is 0 Å². The van der Waals surface area contributed by atoms with Crippen LogP contribution in [0.3, 0.4) is 0 Å². The zero-order valence-electron chi connectivity index (χ0n) is 16.7. The summed E-state index contributed by atoms with van der Waals surface area (Å²) in [5.41, 5.74) is 3.34. The predicted molar refractivity (Wildman–Crippen MR) is 113 cm³/mol.